The van der Waals surface area contributed by atoms with E-state index in [0.717, 1.165) is 18.4 Å². The second kappa shape index (κ2) is 7.36. The molecule has 4 nitrogen and oxygen atoms in total. The van der Waals surface area contributed by atoms with E-state index in [1.54, 1.807) is 6.07 Å². The summed E-state index contributed by atoms with van der Waals surface area (Å²) in [5.74, 6) is 0. The molecule has 1 aromatic rings. The summed E-state index contributed by atoms with van der Waals surface area (Å²) in [7, 11) is 0. The van der Waals surface area contributed by atoms with Gasteiger partial charge in [-0.3, -0.25) is 0 Å². The fourth-order valence-electron chi connectivity index (χ4n) is 1.87. The number of nitrogens with one attached hydrogen (secondary N) is 2. The largest absolute Gasteiger partial charge is 0.394 e. The molecule has 106 valence electrons. The second-order valence-electron chi connectivity index (χ2n) is 4.87. The van der Waals surface area contributed by atoms with Crippen LogP contribution in [0.2, 0.25) is 5.02 Å². The van der Waals surface area contributed by atoms with Crippen molar-refractivity contribution in [2.45, 2.75) is 38.8 Å². The van der Waals surface area contributed by atoms with Crippen molar-refractivity contribution in [3.8, 4) is 0 Å². The lowest BCUT2D eigenvalue weighted by molar-refractivity contribution is 0.163. The number of hydrogen-bond donors (Lipinski definition) is 3. The van der Waals surface area contributed by atoms with E-state index in [2.05, 4.69) is 10.6 Å². The van der Waals surface area contributed by atoms with Crippen molar-refractivity contribution in [3.63, 3.8) is 0 Å². The van der Waals surface area contributed by atoms with Gasteiger partial charge in [-0.15, -0.1) is 0 Å². The maximum atomic E-state index is 11.8. The van der Waals surface area contributed by atoms with E-state index in [1.165, 1.54) is 0 Å². The van der Waals surface area contributed by atoms with Gasteiger partial charge >= 0.3 is 6.03 Å². The fraction of sp³-hybridized carbons (Fsp3) is 0.500. The first-order valence-electron chi connectivity index (χ1n) is 6.41. The Hall–Kier alpha value is -1.26. The Balaban J connectivity index is 2.50. The summed E-state index contributed by atoms with van der Waals surface area (Å²) < 4.78 is 0. The molecule has 1 atom stereocenters. The fourth-order valence-corrected chi connectivity index (χ4v) is 2.07. The van der Waals surface area contributed by atoms with Crippen LogP contribution in [0.3, 0.4) is 0 Å². The number of carbonyl (C=O) groups excluding carboxylic acids is 1. The highest BCUT2D eigenvalue weighted by molar-refractivity contribution is 6.31. The summed E-state index contributed by atoms with van der Waals surface area (Å²) in [6.07, 6.45) is 1.62. The third-order valence-corrected chi connectivity index (χ3v) is 3.33. The summed E-state index contributed by atoms with van der Waals surface area (Å²) in [5, 5.41) is 15.5. The van der Waals surface area contributed by atoms with Crippen LogP contribution in [0.4, 0.5) is 4.79 Å². The first kappa shape index (κ1) is 15.8. The third-order valence-electron chi connectivity index (χ3n) is 2.96. The molecule has 1 rings (SSSR count). The molecule has 2 amide bonds. The van der Waals surface area contributed by atoms with Crippen molar-refractivity contribution in [1.82, 2.24) is 10.6 Å². The Labute approximate surface area is 119 Å². The van der Waals surface area contributed by atoms with Crippen LogP contribution in [0.5, 0.6) is 0 Å². The van der Waals surface area contributed by atoms with E-state index in [0.29, 0.717) is 11.6 Å². The van der Waals surface area contributed by atoms with Crippen molar-refractivity contribution < 1.29 is 9.90 Å². The van der Waals surface area contributed by atoms with Crippen molar-refractivity contribution in [2.24, 2.45) is 0 Å². The molecule has 0 saturated heterocycles. The zero-order valence-corrected chi connectivity index (χ0v) is 12.1. The van der Waals surface area contributed by atoms with E-state index >= 15 is 0 Å². The van der Waals surface area contributed by atoms with Crippen LogP contribution in [-0.2, 0) is 6.54 Å². The summed E-state index contributed by atoms with van der Waals surface area (Å²) >= 11 is 6.01. The lowest BCUT2D eigenvalue weighted by atomic mass is 9.98. The highest BCUT2D eigenvalue weighted by Gasteiger charge is 2.24. The maximum absolute atomic E-state index is 11.8. The number of halogens is 1. The third kappa shape index (κ3) is 5.09. The normalized spacial score (nSPS) is 13.7. The summed E-state index contributed by atoms with van der Waals surface area (Å²) in [4.78, 5) is 11.8. The minimum atomic E-state index is -0.584. The molecule has 0 spiro atoms. The molecular weight excluding hydrogens is 264 g/mol. The first-order chi connectivity index (χ1) is 9.00. The molecule has 0 fully saturated rings. The molecule has 0 aliphatic carbocycles. The van der Waals surface area contributed by atoms with E-state index in [-0.39, 0.29) is 12.6 Å². The van der Waals surface area contributed by atoms with Crippen LogP contribution in [0.15, 0.2) is 24.3 Å². The number of aliphatic hydroxyl groups excluding tert-OH is 1. The molecule has 5 heteroatoms. The molecule has 0 aromatic heterocycles. The molecule has 0 heterocycles. The Bertz CT molecular complexity index is 426. The highest BCUT2D eigenvalue weighted by Crippen LogP contribution is 2.14. The number of aliphatic hydroxyl groups is 1. The summed E-state index contributed by atoms with van der Waals surface area (Å²) in [6, 6.07) is 7.06. The van der Waals surface area contributed by atoms with Crippen molar-refractivity contribution in [2.75, 3.05) is 6.61 Å². The highest BCUT2D eigenvalue weighted by atomic mass is 35.5. The second-order valence-corrected chi connectivity index (χ2v) is 5.28. The Morgan fingerprint density at radius 1 is 1.42 bits per heavy atom. The minimum Gasteiger partial charge on any atom is -0.394 e. The maximum Gasteiger partial charge on any atom is 0.315 e. The van der Waals surface area contributed by atoms with Gasteiger partial charge in [-0.2, -0.15) is 0 Å². The quantitative estimate of drug-likeness (QED) is 0.752. The molecule has 0 radical (unpaired) electrons. The standard InChI is InChI=1S/C14H21ClN2O2/c1-3-8-14(2,10-18)17-13(19)16-9-11-6-4-5-7-12(11)15/h4-7,18H,3,8-10H2,1-2H3,(H2,16,17,19). The lowest BCUT2D eigenvalue weighted by Crippen LogP contribution is -2.52. The molecular formula is C14H21ClN2O2. The van der Waals surface area contributed by atoms with Gasteiger partial charge in [-0.25, -0.2) is 4.79 Å². The van der Waals surface area contributed by atoms with Crippen LogP contribution in [0.25, 0.3) is 0 Å². The van der Waals surface area contributed by atoms with Crippen LogP contribution < -0.4 is 10.6 Å². The smallest absolute Gasteiger partial charge is 0.315 e. The monoisotopic (exact) mass is 284 g/mol. The minimum absolute atomic E-state index is 0.0830. The van der Waals surface area contributed by atoms with Gasteiger partial charge in [-0.05, 0) is 25.0 Å². The van der Waals surface area contributed by atoms with Gasteiger partial charge in [0.2, 0.25) is 0 Å². The predicted octanol–water partition coefficient (Wildman–Crippen LogP) is 2.69. The number of urea groups is 1. The predicted molar refractivity (Wildman–Crippen MR) is 77.2 cm³/mol. The number of amides is 2. The van der Waals surface area contributed by atoms with Crippen molar-refractivity contribution in [3.05, 3.63) is 34.9 Å². The number of carbonyl (C=O) groups is 1. The van der Waals surface area contributed by atoms with Gasteiger partial charge in [0.15, 0.2) is 0 Å². The van der Waals surface area contributed by atoms with Gasteiger partial charge < -0.3 is 15.7 Å². The molecule has 1 unspecified atom stereocenters. The van der Waals surface area contributed by atoms with Crippen LogP contribution in [-0.4, -0.2) is 23.3 Å². The summed E-state index contributed by atoms with van der Waals surface area (Å²) in [6.45, 7) is 4.11. The average molecular weight is 285 g/mol. The number of rotatable bonds is 6. The van der Waals surface area contributed by atoms with Gasteiger partial charge in [-0.1, -0.05) is 43.1 Å². The molecule has 19 heavy (non-hydrogen) atoms. The zero-order valence-electron chi connectivity index (χ0n) is 11.4. The van der Waals surface area contributed by atoms with Gasteiger partial charge in [0.25, 0.3) is 0 Å². The van der Waals surface area contributed by atoms with E-state index in [4.69, 9.17) is 11.6 Å². The lowest BCUT2D eigenvalue weighted by Gasteiger charge is -2.28. The Morgan fingerprint density at radius 2 is 2.11 bits per heavy atom. The van der Waals surface area contributed by atoms with Crippen LogP contribution in [0.1, 0.15) is 32.3 Å². The molecule has 0 aliphatic rings. The van der Waals surface area contributed by atoms with Crippen molar-refractivity contribution in [1.29, 1.82) is 0 Å². The van der Waals surface area contributed by atoms with Gasteiger partial charge in [0, 0.05) is 11.6 Å². The van der Waals surface area contributed by atoms with Crippen molar-refractivity contribution >= 4 is 17.6 Å². The molecule has 1 aromatic carbocycles. The van der Waals surface area contributed by atoms with Gasteiger partial charge in [0.05, 0.1) is 12.1 Å². The van der Waals surface area contributed by atoms with Crippen LogP contribution >= 0.6 is 11.6 Å². The molecule has 0 saturated carbocycles. The van der Waals surface area contributed by atoms with Crippen LogP contribution in [0, 0.1) is 0 Å². The first-order valence-corrected chi connectivity index (χ1v) is 6.79. The Morgan fingerprint density at radius 3 is 2.68 bits per heavy atom. The molecule has 0 aliphatic heterocycles. The number of hydrogen-bond acceptors (Lipinski definition) is 2. The zero-order chi connectivity index (χ0) is 14.3. The topological polar surface area (TPSA) is 61.4 Å². The average Bonchev–Trinajstić information content (AvgIpc) is 2.38. The van der Waals surface area contributed by atoms with Gasteiger partial charge in [0.1, 0.15) is 0 Å². The van der Waals surface area contributed by atoms with E-state index in [1.807, 2.05) is 32.0 Å². The summed E-state index contributed by atoms with van der Waals surface area (Å²) in [5.41, 5.74) is 0.278. The molecule has 3 N–H and O–H groups in total. The van der Waals surface area contributed by atoms with E-state index in [9.17, 15) is 9.90 Å². The number of benzene rings is 1. The SMILES string of the molecule is CCCC(C)(CO)NC(=O)NCc1ccccc1Cl. The molecule has 0 bridgehead atoms. The Kier molecular flexibility index (Phi) is 6.12. The van der Waals surface area contributed by atoms with E-state index < -0.39 is 5.54 Å².